The van der Waals surface area contributed by atoms with Crippen LogP contribution in [0.3, 0.4) is 0 Å². The summed E-state index contributed by atoms with van der Waals surface area (Å²) >= 11 is 0. The Hall–Kier alpha value is -1.33. The molecular weight excluding hydrogens is 184 g/mol. The van der Waals surface area contributed by atoms with Crippen LogP contribution in [-0.4, -0.2) is 13.1 Å². The average Bonchev–Trinajstić information content (AvgIpc) is 2.31. The summed E-state index contributed by atoms with van der Waals surface area (Å²) in [6, 6.07) is 10.7. The van der Waals surface area contributed by atoms with E-state index in [0.717, 1.165) is 18.7 Å². The molecule has 15 heavy (non-hydrogen) atoms. The highest BCUT2D eigenvalue weighted by atomic mass is 14.9. The molecule has 0 radical (unpaired) electrons. The number of hydrogen-bond acceptors (Lipinski definition) is 2. The van der Waals surface area contributed by atoms with Crippen LogP contribution in [0.5, 0.6) is 0 Å². The summed E-state index contributed by atoms with van der Waals surface area (Å²) in [5.74, 6) is 0.685. The molecule has 0 bridgehead atoms. The molecule has 1 N–H and O–H groups in total. The number of nitrogens with zero attached hydrogens (tertiary/aromatic N) is 1. The SMILES string of the molecule is N#CCc1cccc(C2CCNCC2)c1. The molecule has 2 rings (SSSR count). The minimum atomic E-state index is 0.527. The van der Waals surface area contributed by atoms with Crippen LogP contribution in [0.2, 0.25) is 0 Å². The Morgan fingerprint density at radius 2 is 2.13 bits per heavy atom. The molecule has 0 atom stereocenters. The van der Waals surface area contributed by atoms with Gasteiger partial charge in [0.2, 0.25) is 0 Å². The van der Waals surface area contributed by atoms with E-state index >= 15 is 0 Å². The van der Waals surface area contributed by atoms with E-state index in [-0.39, 0.29) is 0 Å². The van der Waals surface area contributed by atoms with E-state index in [9.17, 15) is 0 Å². The zero-order valence-electron chi connectivity index (χ0n) is 8.87. The Labute approximate surface area is 90.9 Å². The third-order valence-electron chi connectivity index (χ3n) is 3.04. The second-order valence-corrected chi connectivity index (χ2v) is 4.10. The van der Waals surface area contributed by atoms with E-state index in [1.165, 1.54) is 18.4 Å². The number of rotatable bonds is 2. The van der Waals surface area contributed by atoms with Gasteiger partial charge in [-0.05, 0) is 43.0 Å². The van der Waals surface area contributed by atoms with Crippen molar-refractivity contribution in [3.05, 3.63) is 35.4 Å². The zero-order valence-corrected chi connectivity index (χ0v) is 8.87. The molecule has 0 amide bonds. The van der Waals surface area contributed by atoms with Crippen molar-refractivity contribution in [2.75, 3.05) is 13.1 Å². The first-order chi connectivity index (χ1) is 7.40. The van der Waals surface area contributed by atoms with Crippen LogP contribution >= 0.6 is 0 Å². The Balaban J connectivity index is 2.13. The first-order valence-corrected chi connectivity index (χ1v) is 5.56. The van der Waals surface area contributed by atoms with Crippen LogP contribution in [0.25, 0.3) is 0 Å². The van der Waals surface area contributed by atoms with Gasteiger partial charge in [0.25, 0.3) is 0 Å². The summed E-state index contributed by atoms with van der Waals surface area (Å²) in [7, 11) is 0. The normalized spacial score (nSPS) is 17.3. The molecule has 0 unspecified atom stereocenters. The Kier molecular flexibility index (Phi) is 3.37. The van der Waals surface area contributed by atoms with Gasteiger partial charge in [0.05, 0.1) is 12.5 Å². The van der Waals surface area contributed by atoms with Crippen molar-refractivity contribution >= 4 is 0 Å². The van der Waals surface area contributed by atoms with E-state index in [0.29, 0.717) is 12.3 Å². The standard InChI is InChI=1S/C13H16N2/c14-7-4-11-2-1-3-13(10-11)12-5-8-15-9-6-12/h1-3,10,12,15H,4-6,8-9H2. The van der Waals surface area contributed by atoms with E-state index in [2.05, 4.69) is 29.6 Å². The minimum absolute atomic E-state index is 0.527. The molecule has 2 nitrogen and oxygen atoms in total. The second kappa shape index (κ2) is 4.95. The molecule has 1 aromatic carbocycles. The quantitative estimate of drug-likeness (QED) is 0.794. The molecule has 2 heteroatoms. The van der Waals surface area contributed by atoms with Crippen molar-refractivity contribution in [1.82, 2.24) is 5.32 Å². The second-order valence-electron chi connectivity index (χ2n) is 4.10. The summed E-state index contributed by atoms with van der Waals surface area (Å²) in [5.41, 5.74) is 2.55. The largest absolute Gasteiger partial charge is 0.317 e. The van der Waals surface area contributed by atoms with Gasteiger partial charge in [0, 0.05) is 0 Å². The molecule has 1 aliphatic rings. The van der Waals surface area contributed by atoms with E-state index < -0.39 is 0 Å². The molecule has 0 aliphatic carbocycles. The van der Waals surface area contributed by atoms with Crippen LogP contribution in [-0.2, 0) is 6.42 Å². The maximum absolute atomic E-state index is 8.66. The first kappa shape index (κ1) is 10.2. The van der Waals surface area contributed by atoms with E-state index in [1.807, 2.05) is 6.07 Å². The number of benzene rings is 1. The molecule has 0 saturated carbocycles. The lowest BCUT2D eigenvalue weighted by Crippen LogP contribution is -2.26. The Morgan fingerprint density at radius 3 is 2.87 bits per heavy atom. The van der Waals surface area contributed by atoms with Crippen LogP contribution in [0.4, 0.5) is 0 Å². The highest BCUT2D eigenvalue weighted by Crippen LogP contribution is 2.25. The lowest BCUT2D eigenvalue weighted by Gasteiger charge is -2.23. The number of hydrogen-bond donors (Lipinski definition) is 1. The topological polar surface area (TPSA) is 35.8 Å². The van der Waals surface area contributed by atoms with Crippen molar-refractivity contribution in [1.29, 1.82) is 5.26 Å². The van der Waals surface area contributed by atoms with Crippen molar-refractivity contribution in [3.63, 3.8) is 0 Å². The van der Waals surface area contributed by atoms with Gasteiger partial charge in [0.1, 0.15) is 0 Å². The average molecular weight is 200 g/mol. The van der Waals surface area contributed by atoms with Gasteiger partial charge in [-0.2, -0.15) is 5.26 Å². The van der Waals surface area contributed by atoms with E-state index in [4.69, 9.17) is 5.26 Å². The van der Waals surface area contributed by atoms with Gasteiger partial charge >= 0.3 is 0 Å². The van der Waals surface area contributed by atoms with Gasteiger partial charge in [0.15, 0.2) is 0 Å². The molecule has 1 saturated heterocycles. The predicted octanol–water partition coefficient (Wildman–Crippen LogP) is 2.22. The smallest absolute Gasteiger partial charge is 0.0669 e. The molecule has 0 aromatic heterocycles. The lowest BCUT2D eigenvalue weighted by molar-refractivity contribution is 0.460. The summed E-state index contributed by atoms with van der Waals surface area (Å²) in [4.78, 5) is 0. The minimum Gasteiger partial charge on any atom is -0.317 e. The van der Waals surface area contributed by atoms with Gasteiger partial charge in [-0.25, -0.2) is 0 Å². The van der Waals surface area contributed by atoms with Gasteiger partial charge < -0.3 is 5.32 Å². The molecule has 1 aliphatic heterocycles. The fraction of sp³-hybridized carbons (Fsp3) is 0.462. The van der Waals surface area contributed by atoms with Crippen molar-refractivity contribution in [2.45, 2.75) is 25.2 Å². The summed E-state index contributed by atoms with van der Waals surface area (Å²) < 4.78 is 0. The highest BCUT2D eigenvalue weighted by molar-refractivity contribution is 5.28. The molecule has 0 spiro atoms. The van der Waals surface area contributed by atoms with Crippen molar-refractivity contribution < 1.29 is 0 Å². The molecule has 1 aromatic rings. The van der Waals surface area contributed by atoms with Gasteiger partial charge in [-0.1, -0.05) is 24.3 Å². The van der Waals surface area contributed by atoms with Gasteiger partial charge in [-0.15, -0.1) is 0 Å². The molecule has 78 valence electrons. The molecule has 1 fully saturated rings. The monoisotopic (exact) mass is 200 g/mol. The lowest BCUT2D eigenvalue weighted by atomic mass is 9.89. The summed E-state index contributed by atoms with van der Waals surface area (Å²) in [5, 5.41) is 12.0. The van der Waals surface area contributed by atoms with Crippen molar-refractivity contribution in [2.24, 2.45) is 0 Å². The predicted molar refractivity (Wildman–Crippen MR) is 60.6 cm³/mol. The van der Waals surface area contributed by atoms with Crippen LogP contribution in [0, 0.1) is 11.3 Å². The first-order valence-electron chi connectivity index (χ1n) is 5.56. The number of piperidine rings is 1. The van der Waals surface area contributed by atoms with E-state index in [1.54, 1.807) is 0 Å². The van der Waals surface area contributed by atoms with Crippen molar-refractivity contribution in [3.8, 4) is 6.07 Å². The van der Waals surface area contributed by atoms with Gasteiger partial charge in [-0.3, -0.25) is 0 Å². The highest BCUT2D eigenvalue weighted by Gasteiger charge is 2.14. The fourth-order valence-corrected chi connectivity index (χ4v) is 2.20. The fourth-order valence-electron chi connectivity index (χ4n) is 2.20. The molecule has 1 heterocycles. The van der Waals surface area contributed by atoms with Crippen LogP contribution < -0.4 is 5.32 Å². The number of nitrogens with one attached hydrogen (secondary N) is 1. The van der Waals surface area contributed by atoms with Crippen LogP contribution in [0.15, 0.2) is 24.3 Å². The molecular formula is C13H16N2. The maximum atomic E-state index is 8.66. The Morgan fingerprint density at radius 1 is 1.33 bits per heavy atom. The number of nitriles is 1. The zero-order chi connectivity index (χ0) is 10.5. The maximum Gasteiger partial charge on any atom is 0.0669 e. The van der Waals surface area contributed by atoms with Crippen LogP contribution in [0.1, 0.15) is 29.9 Å². The summed E-state index contributed by atoms with van der Waals surface area (Å²) in [6.07, 6.45) is 2.96. The summed E-state index contributed by atoms with van der Waals surface area (Å²) in [6.45, 7) is 2.24. The third kappa shape index (κ3) is 2.57. The third-order valence-corrected chi connectivity index (χ3v) is 3.04. The Bertz CT molecular complexity index is 359.